The molecule has 1 rings (SSSR count). The number of thioether (sulfide) groups is 1. The zero-order chi connectivity index (χ0) is 12.8. The van der Waals surface area contributed by atoms with Crippen molar-refractivity contribution in [3.8, 4) is 5.75 Å². The van der Waals surface area contributed by atoms with Gasteiger partial charge in [0.1, 0.15) is 5.75 Å². The van der Waals surface area contributed by atoms with Crippen molar-refractivity contribution in [2.45, 2.75) is 13.5 Å². The number of phenols is 1. The quantitative estimate of drug-likeness (QED) is 0.551. The molecule has 0 radical (unpaired) electrons. The number of nitrogen functional groups attached to an aromatic ring is 1. The second-order valence-electron chi connectivity index (χ2n) is 3.96. The predicted molar refractivity (Wildman–Crippen MR) is 71.9 cm³/mol. The Morgan fingerprint density at radius 2 is 2.29 bits per heavy atom. The number of hydrogen-bond acceptors (Lipinski definition) is 4. The van der Waals surface area contributed by atoms with Gasteiger partial charge in [-0.1, -0.05) is 6.92 Å². The molecular weight excluding hydrogens is 236 g/mol. The smallest absolute Gasteiger partial charge is 0.223 e. The standard InChI is InChI=1S/C12H18N2O2S/c1-8(7-17-2)12(16)14-6-9-5-10(13)3-4-11(9)15/h3-5,8,15H,6-7,13H2,1-2H3,(H,14,16). The normalized spacial score (nSPS) is 12.1. The summed E-state index contributed by atoms with van der Waals surface area (Å²) in [5.41, 5.74) is 6.82. The van der Waals surface area contributed by atoms with Crippen LogP contribution in [0.1, 0.15) is 12.5 Å². The van der Waals surface area contributed by atoms with E-state index in [1.54, 1.807) is 23.9 Å². The third kappa shape index (κ3) is 4.19. The van der Waals surface area contributed by atoms with Crippen LogP contribution in [0.5, 0.6) is 5.75 Å². The number of anilines is 1. The topological polar surface area (TPSA) is 75.4 Å². The fourth-order valence-electron chi connectivity index (χ4n) is 1.43. The molecular formula is C12H18N2O2S. The van der Waals surface area contributed by atoms with Crippen LogP contribution in [-0.2, 0) is 11.3 Å². The van der Waals surface area contributed by atoms with Crippen molar-refractivity contribution in [2.24, 2.45) is 5.92 Å². The van der Waals surface area contributed by atoms with E-state index in [1.807, 2.05) is 13.2 Å². The average Bonchev–Trinajstić information content (AvgIpc) is 2.30. The maximum absolute atomic E-state index is 11.7. The Morgan fingerprint density at radius 3 is 2.94 bits per heavy atom. The molecule has 17 heavy (non-hydrogen) atoms. The molecule has 5 heteroatoms. The Morgan fingerprint density at radius 1 is 1.59 bits per heavy atom. The molecule has 4 N–H and O–H groups in total. The molecule has 1 aromatic carbocycles. The summed E-state index contributed by atoms with van der Waals surface area (Å²) in [6, 6.07) is 4.81. The Bertz CT molecular complexity index is 396. The van der Waals surface area contributed by atoms with Crippen molar-refractivity contribution >= 4 is 23.4 Å². The maximum atomic E-state index is 11.7. The van der Waals surface area contributed by atoms with E-state index in [0.29, 0.717) is 17.8 Å². The van der Waals surface area contributed by atoms with Crippen LogP contribution in [0.2, 0.25) is 0 Å². The van der Waals surface area contributed by atoms with E-state index in [9.17, 15) is 9.90 Å². The van der Waals surface area contributed by atoms with Crippen LogP contribution in [0.15, 0.2) is 18.2 Å². The van der Waals surface area contributed by atoms with Crippen LogP contribution in [-0.4, -0.2) is 23.0 Å². The van der Waals surface area contributed by atoms with Gasteiger partial charge in [-0.05, 0) is 24.5 Å². The van der Waals surface area contributed by atoms with E-state index < -0.39 is 0 Å². The van der Waals surface area contributed by atoms with Crippen molar-refractivity contribution in [3.63, 3.8) is 0 Å². The van der Waals surface area contributed by atoms with Crippen molar-refractivity contribution in [3.05, 3.63) is 23.8 Å². The fraction of sp³-hybridized carbons (Fsp3) is 0.417. The van der Waals surface area contributed by atoms with E-state index in [-0.39, 0.29) is 17.6 Å². The molecule has 0 saturated carbocycles. The number of rotatable bonds is 5. The lowest BCUT2D eigenvalue weighted by Gasteiger charge is -2.12. The zero-order valence-corrected chi connectivity index (χ0v) is 10.9. The minimum atomic E-state index is -0.0341. The molecule has 0 spiro atoms. The number of nitrogens with one attached hydrogen (secondary N) is 1. The van der Waals surface area contributed by atoms with Gasteiger partial charge < -0.3 is 16.2 Å². The molecule has 1 amide bonds. The molecule has 4 nitrogen and oxygen atoms in total. The lowest BCUT2D eigenvalue weighted by molar-refractivity contribution is -0.124. The third-order valence-corrected chi connectivity index (χ3v) is 3.25. The highest BCUT2D eigenvalue weighted by atomic mass is 32.2. The molecule has 94 valence electrons. The summed E-state index contributed by atoms with van der Waals surface area (Å²) in [5.74, 6) is 0.890. The molecule has 1 unspecified atom stereocenters. The van der Waals surface area contributed by atoms with Crippen molar-refractivity contribution < 1.29 is 9.90 Å². The lowest BCUT2D eigenvalue weighted by atomic mass is 10.1. The minimum absolute atomic E-state index is 0.0128. The van der Waals surface area contributed by atoms with Crippen LogP contribution in [0, 0.1) is 5.92 Å². The summed E-state index contributed by atoms with van der Waals surface area (Å²) in [6.07, 6.45) is 1.97. The molecule has 0 heterocycles. The number of benzene rings is 1. The number of hydrogen-bond donors (Lipinski definition) is 3. The number of aromatic hydroxyl groups is 1. The monoisotopic (exact) mass is 254 g/mol. The maximum Gasteiger partial charge on any atom is 0.223 e. The average molecular weight is 254 g/mol. The van der Waals surface area contributed by atoms with Crippen molar-refractivity contribution in [1.29, 1.82) is 0 Å². The third-order valence-electron chi connectivity index (χ3n) is 2.42. The highest BCUT2D eigenvalue weighted by Crippen LogP contribution is 2.19. The molecule has 0 aromatic heterocycles. The van der Waals surface area contributed by atoms with Crippen LogP contribution < -0.4 is 11.1 Å². The number of carbonyl (C=O) groups is 1. The second kappa shape index (κ2) is 6.39. The van der Waals surface area contributed by atoms with Crippen molar-refractivity contribution in [2.75, 3.05) is 17.7 Å². The van der Waals surface area contributed by atoms with Gasteiger partial charge in [-0.2, -0.15) is 11.8 Å². The SMILES string of the molecule is CSCC(C)C(=O)NCc1cc(N)ccc1O. The molecule has 0 aliphatic rings. The fourth-order valence-corrected chi connectivity index (χ4v) is 2.08. The summed E-state index contributed by atoms with van der Waals surface area (Å²) in [5, 5.41) is 12.4. The van der Waals surface area contributed by atoms with E-state index in [2.05, 4.69) is 5.32 Å². The summed E-state index contributed by atoms with van der Waals surface area (Å²) < 4.78 is 0. The lowest BCUT2D eigenvalue weighted by Crippen LogP contribution is -2.29. The molecule has 1 aromatic rings. The van der Waals surface area contributed by atoms with Gasteiger partial charge in [0, 0.05) is 29.5 Å². The molecule has 0 fully saturated rings. The van der Waals surface area contributed by atoms with Crippen LogP contribution >= 0.6 is 11.8 Å². The first-order valence-electron chi connectivity index (χ1n) is 5.38. The summed E-state index contributed by atoms with van der Waals surface area (Å²) in [4.78, 5) is 11.7. The van der Waals surface area contributed by atoms with Gasteiger partial charge in [-0.25, -0.2) is 0 Å². The molecule has 0 aliphatic heterocycles. The van der Waals surface area contributed by atoms with E-state index in [0.717, 1.165) is 5.75 Å². The molecule has 0 aliphatic carbocycles. The highest BCUT2D eigenvalue weighted by Gasteiger charge is 2.12. The Labute approximate surface area is 106 Å². The first kappa shape index (κ1) is 13.7. The van der Waals surface area contributed by atoms with Gasteiger partial charge in [0.15, 0.2) is 0 Å². The first-order valence-corrected chi connectivity index (χ1v) is 6.78. The highest BCUT2D eigenvalue weighted by molar-refractivity contribution is 7.98. The van der Waals surface area contributed by atoms with Gasteiger partial charge in [0.2, 0.25) is 5.91 Å². The predicted octanol–water partition coefficient (Wildman–Crippen LogP) is 1.59. The number of amides is 1. The molecule has 1 atom stereocenters. The van der Waals surface area contributed by atoms with E-state index >= 15 is 0 Å². The van der Waals surface area contributed by atoms with Gasteiger partial charge in [-0.3, -0.25) is 4.79 Å². The minimum Gasteiger partial charge on any atom is -0.508 e. The van der Waals surface area contributed by atoms with Crippen LogP contribution in [0.3, 0.4) is 0 Å². The molecule has 0 saturated heterocycles. The van der Waals surface area contributed by atoms with Gasteiger partial charge >= 0.3 is 0 Å². The van der Waals surface area contributed by atoms with Crippen molar-refractivity contribution in [1.82, 2.24) is 5.32 Å². The largest absolute Gasteiger partial charge is 0.508 e. The summed E-state index contributed by atoms with van der Waals surface area (Å²) in [7, 11) is 0. The number of phenolic OH excluding ortho intramolecular Hbond substituents is 1. The van der Waals surface area contributed by atoms with Gasteiger partial charge in [0.05, 0.1) is 0 Å². The Balaban J connectivity index is 2.55. The van der Waals surface area contributed by atoms with Gasteiger partial charge in [-0.15, -0.1) is 0 Å². The van der Waals surface area contributed by atoms with E-state index in [1.165, 1.54) is 6.07 Å². The van der Waals surface area contributed by atoms with Crippen LogP contribution in [0.25, 0.3) is 0 Å². The Kier molecular flexibility index (Phi) is 5.15. The second-order valence-corrected chi connectivity index (χ2v) is 4.87. The zero-order valence-electron chi connectivity index (χ0n) is 10.1. The van der Waals surface area contributed by atoms with E-state index in [4.69, 9.17) is 5.73 Å². The summed E-state index contributed by atoms with van der Waals surface area (Å²) >= 11 is 1.64. The number of nitrogens with two attached hydrogens (primary N) is 1. The first-order chi connectivity index (χ1) is 8.04. The van der Waals surface area contributed by atoms with Gasteiger partial charge in [0.25, 0.3) is 0 Å². The Hall–Kier alpha value is -1.36. The molecule has 0 bridgehead atoms. The van der Waals surface area contributed by atoms with Crippen LogP contribution in [0.4, 0.5) is 5.69 Å². The summed E-state index contributed by atoms with van der Waals surface area (Å²) in [6.45, 7) is 2.18. The number of carbonyl (C=O) groups excluding carboxylic acids is 1.